The van der Waals surface area contributed by atoms with E-state index in [1.807, 2.05) is 37.3 Å². The van der Waals surface area contributed by atoms with E-state index in [4.69, 9.17) is 4.74 Å². The molecule has 8 nitrogen and oxygen atoms in total. The maximum atomic E-state index is 11.7. The van der Waals surface area contributed by atoms with Crippen LogP contribution in [-0.4, -0.2) is 32.7 Å². The fourth-order valence-corrected chi connectivity index (χ4v) is 3.99. The average Bonchev–Trinajstić information content (AvgIpc) is 3.30. The number of ether oxygens (including phenoxy) is 1. The average molecular weight is 413 g/mol. The van der Waals surface area contributed by atoms with E-state index in [1.54, 1.807) is 23.6 Å². The van der Waals surface area contributed by atoms with Crippen LogP contribution in [0.25, 0.3) is 10.2 Å². The zero-order chi connectivity index (χ0) is 19.5. The van der Waals surface area contributed by atoms with Crippen LogP contribution in [-0.2, 0) is 4.74 Å². The number of carbonyl (C=O) groups is 1. The molecule has 0 saturated heterocycles. The van der Waals surface area contributed by atoms with Gasteiger partial charge in [0.25, 0.3) is 0 Å². The maximum absolute atomic E-state index is 11.7. The standard InChI is InChI=1S/C18H16N6O2S2/c1-3-26-16(25)12-9-27-17(20-12)22-15-10(2)8-14(23-24-15)21-18-19-11-6-4-5-7-13(11)28-18/h4-9H,3H2,1-2H3,(H,19,21,23)(H,20,22,24). The van der Waals surface area contributed by atoms with Crippen LogP contribution in [0.4, 0.5) is 21.9 Å². The molecule has 0 atom stereocenters. The van der Waals surface area contributed by atoms with Gasteiger partial charge >= 0.3 is 5.97 Å². The van der Waals surface area contributed by atoms with Gasteiger partial charge in [-0.2, -0.15) is 0 Å². The van der Waals surface area contributed by atoms with Gasteiger partial charge in [-0.15, -0.1) is 21.5 Å². The Balaban J connectivity index is 1.47. The predicted octanol–water partition coefficient (Wildman–Crippen LogP) is 4.52. The fraction of sp³-hybridized carbons (Fsp3) is 0.167. The molecule has 0 fully saturated rings. The Morgan fingerprint density at radius 3 is 2.79 bits per heavy atom. The monoisotopic (exact) mass is 412 g/mol. The summed E-state index contributed by atoms with van der Waals surface area (Å²) in [5, 5.41) is 17.6. The second kappa shape index (κ2) is 7.87. The van der Waals surface area contributed by atoms with Crippen molar-refractivity contribution >= 4 is 60.8 Å². The summed E-state index contributed by atoms with van der Waals surface area (Å²) >= 11 is 2.86. The number of thiazole rings is 2. The summed E-state index contributed by atoms with van der Waals surface area (Å²) in [5.41, 5.74) is 2.10. The fourth-order valence-electron chi connectivity index (χ4n) is 2.44. The van der Waals surface area contributed by atoms with E-state index >= 15 is 0 Å². The Hall–Kier alpha value is -3.11. The molecule has 0 saturated carbocycles. The van der Waals surface area contributed by atoms with E-state index in [9.17, 15) is 4.79 Å². The molecule has 0 unspecified atom stereocenters. The number of benzene rings is 1. The molecule has 0 aliphatic rings. The predicted molar refractivity (Wildman–Crippen MR) is 111 cm³/mol. The zero-order valence-corrected chi connectivity index (χ0v) is 16.7. The molecule has 10 heteroatoms. The second-order valence-corrected chi connectivity index (χ2v) is 7.65. The number of rotatable bonds is 6. The van der Waals surface area contributed by atoms with Gasteiger partial charge in [0.15, 0.2) is 27.6 Å². The van der Waals surface area contributed by atoms with E-state index in [1.165, 1.54) is 11.3 Å². The highest BCUT2D eigenvalue weighted by atomic mass is 32.1. The molecule has 0 aliphatic heterocycles. The van der Waals surface area contributed by atoms with Crippen molar-refractivity contribution < 1.29 is 9.53 Å². The van der Waals surface area contributed by atoms with Crippen LogP contribution in [0.5, 0.6) is 0 Å². The van der Waals surface area contributed by atoms with E-state index in [2.05, 4.69) is 30.8 Å². The third kappa shape index (κ3) is 3.92. The molecule has 0 amide bonds. The number of para-hydroxylation sites is 1. The molecule has 28 heavy (non-hydrogen) atoms. The Bertz CT molecular complexity index is 1110. The minimum absolute atomic E-state index is 0.272. The summed E-state index contributed by atoms with van der Waals surface area (Å²) in [6.07, 6.45) is 0. The van der Waals surface area contributed by atoms with Gasteiger partial charge in [-0.3, -0.25) is 0 Å². The molecular weight excluding hydrogens is 396 g/mol. The number of esters is 1. The van der Waals surface area contributed by atoms with Gasteiger partial charge in [0.2, 0.25) is 0 Å². The molecule has 1 aromatic carbocycles. The van der Waals surface area contributed by atoms with Crippen molar-refractivity contribution in [1.82, 2.24) is 20.2 Å². The molecule has 4 rings (SSSR count). The van der Waals surface area contributed by atoms with Crippen molar-refractivity contribution in [3.63, 3.8) is 0 Å². The highest BCUT2D eigenvalue weighted by molar-refractivity contribution is 7.22. The van der Waals surface area contributed by atoms with E-state index in [0.717, 1.165) is 20.9 Å². The number of hydrogen-bond acceptors (Lipinski definition) is 10. The second-order valence-electron chi connectivity index (χ2n) is 5.76. The van der Waals surface area contributed by atoms with Gasteiger partial charge in [-0.25, -0.2) is 14.8 Å². The summed E-state index contributed by atoms with van der Waals surface area (Å²) in [6.45, 7) is 3.99. The lowest BCUT2D eigenvalue weighted by Crippen LogP contribution is -2.05. The minimum Gasteiger partial charge on any atom is -0.461 e. The molecular formula is C18H16N6O2S2. The molecule has 3 heterocycles. The SMILES string of the molecule is CCOC(=O)c1csc(Nc2nnc(Nc3nc4ccccc4s3)cc2C)n1. The Morgan fingerprint density at radius 1 is 1.14 bits per heavy atom. The Labute approximate surface area is 168 Å². The van der Waals surface area contributed by atoms with Crippen molar-refractivity contribution in [1.29, 1.82) is 0 Å². The first-order valence-corrected chi connectivity index (χ1v) is 10.2. The lowest BCUT2D eigenvalue weighted by atomic mass is 10.3. The number of aromatic nitrogens is 4. The van der Waals surface area contributed by atoms with Crippen molar-refractivity contribution in [2.24, 2.45) is 0 Å². The third-order valence-electron chi connectivity index (χ3n) is 3.73. The highest BCUT2D eigenvalue weighted by Crippen LogP contribution is 2.28. The quantitative estimate of drug-likeness (QED) is 0.446. The smallest absolute Gasteiger partial charge is 0.357 e. The van der Waals surface area contributed by atoms with E-state index < -0.39 is 5.97 Å². The molecule has 4 aromatic rings. The van der Waals surface area contributed by atoms with Crippen LogP contribution < -0.4 is 10.6 Å². The zero-order valence-electron chi connectivity index (χ0n) is 15.1. The van der Waals surface area contributed by atoms with E-state index in [0.29, 0.717) is 23.4 Å². The first-order chi connectivity index (χ1) is 13.6. The normalized spacial score (nSPS) is 10.8. The minimum atomic E-state index is -0.440. The lowest BCUT2D eigenvalue weighted by molar-refractivity contribution is 0.0520. The van der Waals surface area contributed by atoms with Crippen molar-refractivity contribution in [2.45, 2.75) is 13.8 Å². The summed E-state index contributed by atoms with van der Waals surface area (Å²) in [5.74, 6) is 0.734. The van der Waals surface area contributed by atoms with Crippen LogP contribution >= 0.6 is 22.7 Å². The third-order valence-corrected chi connectivity index (χ3v) is 5.44. The maximum Gasteiger partial charge on any atom is 0.357 e. The summed E-state index contributed by atoms with van der Waals surface area (Å²) < 4.78 is 6.05. The topological polar surface area (TPSA) is 102 Å². The van der Waals surface area contributed by atoms with Gasteiger partial charge in [-0.1, -0.05) is 23.5 Å². The first kappa shape index (κ1) is 18.3. The van der Waals surface area contributed by atoms with Crippen LogP contribution in [0.1, 0.15) is 23.0 Å². The molecule has 0 bridgehead atoms. The molecule has 0 radical (unpaired) electrons. The lowest BCUT2D eigenvalue weighted by Gasteiger charge is -2.07. The molecule has 0 aliphatic carbocycles. The molecule has 142 valence electrons. The van der Waals surface area contributed by atoms with Gasteiger partial charge in [0.05, 0.1) is 16.8 Å². The summed E-state index contributed by atoms with van der Waals surface area (Å²) in [6, 6.07) is 9.82. The number of nitrogens with one attached hydrogen (secondary N) is 2. The molecule has 3 aromatic heterocycles. The van der Waals surface area contributed by atoms with Crippen molar-refractivity contribution in [2.75, 3.05) is 17.2 Å². The number of anilines is 4. The van der Waals surface area contributed by atoms with Gasteiger partial charge in [0.1, 0.15) is 0 Å². The van der Waals surface area contributed by atoms with Crippen LogP contribution in [0.3, 0.4) is 0 Å². The van der Waals surface area contributed by atoms with E-state index in [-0.39, 0.29) is 5.69 Å². The molecule has 2 N–H and O–H groups in total. The summed E-state index contributed by atoms with van der Waals surface area (Å²) in [4.78, 5) is 20.5. The number of fused-ring (bicyclic) bond motifs is 1. The van der Waals surface area contributed by atoms with Crippen molar-refractivity contribution in [3.05, 3.63) is 47.0 Å². The number of nitrogens with zero attached hydrogens (tertiary/aromatic N) is 4. The largest absolute Gasteiger partial charge is 0.461 e. The Kier molecular flexibility index (Phi) is 5.13. The van der Waals surface area contributed by atoms with Crippen LogP contribution in [0.15, 0.2) is 35.7 Å². The first-order valence-electron chi connectivity index (χ1n) is 8.49. The number of carbonyl (C=O) groups excluding carboxylic acids is 1. The van der Waals surface area contributed by atoms with Gasteiger partial charge in [-0.05, 0) is 37.6 Å². The van der Waals surface area contributed by atoms with Crippen LogP contribution in [0, 0.1) is 6.92 Å². The van der Waals surface area contributed by atoms with Gasteiger partial charge < -0.3 is 15.4 Å². The highest BCUT2D eigenvalue weighted by Gasteiger charge is 2.13. The number of hydrogen-bond donors (Lipinski definition) is 2. The van der Waals surface area contributed by atoms with Crippen LogP contribution in [0.2, 0.25) is 0 Å². The Morgan fingerprint density at radius 2 is 2.00 bits per heavy atom. The molecule has 0 spiro atoms. The van der Waals surface area contributed by atoms with Gasteiger partial charge in [0, 0.05) is 5.38 Å². The number of aryl methyl sites for hydroxylation is 1. The summed E-state index contributed by atoms with van der Waals surface area (Å²) in [7, 11) is 0. The van der Waals surface area contributed by atoms with Crippen molar-refractivity contribution in [3.8, 4) is 0 Å².